The average molecular weight is 593 g/mol. The maximum atomic E-state index is 13.7. The van der Waals surface area contributed by atoms with Crippen molar-refractivity contribution in [3.63, 3.8) is 0 Å². The summed E-state index contributed by atoms with van der Waals surface area (Å²) in [5.74, 6) is 1.67. The molecule has 4 N–H and O–H groups in total. The molecular formula is C34H36N6O4. The Labute approximate surface area is 254 Å². The number of rotatable bonds is 2. The highest BCUT2D eigenvalue weighted by atomic mass is 16.5. The number of carbonyl (C=O) groups excluding carboxylic acids is 1. The number of benzene rings is 2. The van der Waals surface area contributed by atoms with Gasteiger partial charge in [-0.25, -0.2) is 9.97 Å². The van der Waals surface area contributed by atoms with Gasteiger partial charge >= 0.3 is 0 Å². The lowest BCUT2D eigenvalue weighted by molar-refractivity contribution is 0.0119. The van der Waals surface area contributed by atoms with Gasteiger partial charge in [0.25, 0.3) is 5.91 Å². The van der Waals surface area contributed by atoms with Crippen LogP contribution >= 0.6 is 0 Å². The second-order valence-corrected chi connectivity index (χ2v) is 12.5. The number of fused-ring (bicyclic) bond motifs is 10. The van der Waals surface area contributed by atoms with Crippen LogP contribution < -0.4 is 10.5 Å². The Hall–Kier alpha value is -4.25. The zero-order valence-corrected chi connectivity index (χ0v) is 24.6. The van der Waals surface area contributed by atoms with Crippen molar-refractivity contribution in [1.29, 1.82) is 0 Å². The number of imidazole rings is 1. The Kier molecular flexibility index (Phi) is 6.48. The summed E-state index contributed by atoms with van der Waals surface area (Å²) in [6.45, 7) is 1.68. The van der Waals surface area contributed by atoms with Gasteiger partial charge in [0.05, 0.1) is 24.4 Å². The number of pyridine rings is 1. The van der Waals surface area contributed by atoms with Crippen LogP contribution in [-0.2, 0) is 13.1 Å². The monoisotopic (exact) mass is 592 g/mol. The van der Waals surface area contributed by atoms with E-state index in [2.05, 4.69) is 21.3 Å². The summed E-state index contributed by atoms with van der Waals surface area (Å²) in [5, 5.41) is 22.8. The van der Waals surface area contributed by atoms with Crippen LogP contribution in [0.1, 0.15) is 53.3 Å². The number of likely N-dealkylation sites (tertiary alicyclic amines) is 1. The largest absolute Gasteiger partial charge is 0.494 e. The lowest BCUT2D eigenvalue weighted by Crippen LogP contribution is -2.36. The fourth-order valence-corrected chi connectivity index (χ4v) is 7.33. The van der Waals surface area contributed by atoms with E-state index in [0.717, 1.165) is 52.9 Å². The van der Waals surface area contributed by atoms with E-state index in [1.807, 2.05) is 47.4 Å². The van der Waals surface area contributed by atoms with E-state index in [1.54, 1.807) is 13.3 Å². The van der Waals surface area contributed by atoms with Crippen LogP contribution in [0.3, 0.4) is 0 Å². The molecular weight excluding hydrogens is 556 g/mol. The molecule has 5 aromatic rings. The van der Waals surface area contributed by atoms with Gasteiger partial charge in [-0.05, 0) is 73.1 Å². The highest BCUT2D eigenvalue weighted by molar-refractivity contribution is 6.00. The number of piperidine rings is 1. The van der Waals surface area contributed by atoms with E-state index in [1.165, 1.54) is 0 Å². The van der Waals surface area contributed by atoms with Gasteiger partial charge in [0.15, 0.2) is 5.82 Å². The Balaban J connectivity index is 1.34. The topological polar surface area (TPSA) is 132 Å². The zero-order valence-electron chi connectivity index (χ0n) is 24.6. The van der Waals surface area contributed by atoms with E-state index in [4.69, 9.17) is 20.4 Å². The molecule has 5 atom stereocenters. The standard InChI is InChI=1S/C34H36N6O4/c1-44-29-15-22(34(43)39-18-24(35)23-16-26(23)39)13-25-30(29)40-17-19-6-4-7-20(12-19)31(42)28(41)9-2-3-11-38-27(33(40)37-25)14-21-8-5-10-36-32(21)38/h4-8,10,12-15,23-24,26,28,31,41-42H,2-3,9,11,16-18,35H2,1H3/t23-,24-,26-,28-,31+/m1/s1. The molecule has 3 aromatic heterocycles. The molecule has 10 heteroatoms. The summed E-state index contributed by atoms with van der Waals surface area (Å²) in [5.41, 5.74) is 11.7. The molecule has 2 aliphatic heterocycles. The fourth-order valence-electron chi connectivity index (χ4n) is 7.33. The number of aliphatic hydroxyl groups is 2. The summed E-state index contributed by atoms with van der Waals surface area (Å²) in [7, 11) is 1.62. The summed E-state index contributed by atoms with van der Waals surface area (Å²) in [6, 6.07) is 17.8. The second-order valence-electron chi connectivity index (χ2n) is 12.5. The van der Waals surface area contributed by atoms with E-state index in [9.17, 15) is 15.0 Å². The second kappa shape index (κ2) is 10.4. The normalized spacial score (nSPS) is 24.9. The number of hydrogen-bond donors (Lipinski definition) is 3. The highest BCUT2D eigenvalue weighted by Gasteiger charge is 2.53. The van der Waals surface area contributed by atoms with E-state index >= 15 is 0 Å². The summed E-state index contributed by atoms with van der Waals surface area (Å²) in [4.78, 5) is 25.6. The van der Waals surface area contributed by atoms with Crippen LogP contribution in [0.15, 0.2) is 60.8 Å². The molecule has 1 amide bonds. The number of methoxy groups -OCH3 is 1. The van der Waals surface area contributed by atoms with Gasteiger partial charge in [-0.3, -0.25) is 4.79 Å². The third-order valence-electron chi connectivity index (χ3n) is 9.71. The van der Waals surface area contributed by atoms with Crippen LogP contribution in [0, 0.1) is 5.92 Å². The van der Waals surface area contributed by atoms with Crippen molar-refractivity contribution < 1.29 is 19.7 Å². The van der Waals surface area contributed by atoms with Crippen LogP contribution in [-0.4, -0.2) is 72.0 Å². The number of amides is 1. The first-order chi connectivity index (χ1) is 21.4. The Bertz CT molecular complexity index is 1910. The quantitative estimate of drug-likeness (QED) is 0.284. The molecule has 226 valence electrons. The lowest BCUT2D eigenvalue weighted by Gasteiger charge is -2.21. The predicted molar refractivity (Wildman–Crippen MR) is 166 cm³/mol. The molecule has 0 radical (unpaired) electrons. The minimum Gasteiger partial charge on any atom is -0.494 e. The molecule has 0 unspecified atom stereocenters. The summed E-state index contributed by atoms with van der Waals surface area (Å²) < 4.78 is 10.3. The van der Waals surface area contributed by atoms with E-state index in [0.29, 0.717) is 54.4 Å². The SMILES string of the molecule is COc1cc(C(=O)N2C[C@@H](N)[C@H]3C[C@H]32)cc2nc3n(c12)Cc1cccc(c1)[C@H](O)[C@H](O)CCCCn1c-3cc2cccnc21. The number of carbonyl (C=O) groups is 1. The van der Waals surface area contributed by atoms with Crippen molar-refractivity contribution >= 4 is 28.0 Å². The number of aryl methyl sites for hydroxylation is 1. The van der Waals surface area contributed by atoms with Gasteiger partial charge in [0, 0.05) is 48.9 Å². The van der Waals surface area contributed by atoms with Crippen LogP contribution in [0.2, 0.25) is 0 Å². The van der Waals surface area contributed by atoms with Crippen molar-refractivity contribution in [1.82, 2.24) is 24.0 Å². The number of nitrogens with two attached hydrogens (primary N) is 1. The summed E-state index contributed by atoms with van der Waals surface area (Å²) >= 11 is 0. The number of aliphatic hydroxyl groups excluding tert-OH is 2. The molecule has 2 aromatic carbocycles. The first-order valence-corrected chi connectivity index (χ1v) is 15.5. The maximum absolute atomic E-state index is 13.7. The Morgan fingerprint density at radius 2 is 1.95 bits per heavy atom. The first kappa shape index (κ1) is 27.3. The number of aromatic nitrogens is 4. The van der Waals surface area contributed by atoms with Crippen molar-refractivity contribution in [2.24, 2.45) is 11.7 Å². The molecule has 1 aliphatic carbocycles. The molecule has 5 heterocycles. The highest BCUT2D eigenvalue weighted by Crippen LogP contribution is 2.45. The Morgan fingerprint density at radius 3 is 2.75 bits per heavy atom. The zero-order chi connectivity index (χ0) is 30.1. The average Bonchev–Trinajstić information content (AvgIpc) is 3.50. The van der Waals surface area contributed by atoms with Gasteiger partial charge in [0.2, 0.25) is 0 Å². The number of hydrogen-bond acceptors (Lipinski definition) is 7. The van der Waals surface area contributed by atoms with Crippen LogP contribution in [0.25, 0.3) is 33.6 Å². The van der Waals surface area contributed by atoms with Crippen LogP contribution in [0.4, 0.5) is 0 Å². The van der Waals surface area contributed by atoms with Gasteiger partial charge in [0.1, 0.15) is 23.0 Å². The number of ether oxygens (including phenoxy) is 1. The molecule has 0 spiro atoms. The molecule has 8 rings (SSSR count). The third kappa shape index (κ3) is 4.39. The first-order valence-electron chi connectivity index (χ1n) is 15.5. The number of nitrogens with zero attached hydrogens (tertiary/aromatic N) is 5. The predicted octanol–water partition coefficient (Wildman–Crippen LogP) is 3.86. The Morgan fingerprint density at radius 1 is 1.07 bits per heavy atom. The van der Waals surface area contributed by atoms with Gasteiger partial charge in [-0.15, -0.1) is 0 Å². The summed E-state index contributed by atoms with van der Waals surface area (Å²) in [6.07, 6.45) is 2.95. The third-order valence-corrected chi connectivity index (χ3v) is 9.71. The van der Waals surface area contributed by atoms with Crippen molar-refractivity contribution in [2.45, 2.75) is 63.1 Å². The molecule has 3 aliphatic rings. The fraction of sp³-hybridized carbons (Fsp3) is 0.382. The van der Waals surface area contributed by atoms with Crippen LogP contribution in [0.5, 0.6) is 5.75 Å². The van der Waals surface area contributed by atoms with E-state index < -0.39 is 12.2 Å². The molecule has 10 nitrogen and oxygen atoms in total. The molecule has 44 heavy (non-hydrogen) atoms. The minimum atomic E-state index is -0.977. The lowest BCUT2D eigenvalue weighted by atomic mass is 9.98. The smallest absolute Gasteiger partial charge is 0.254 e. The van der Waals surface area contributed by atoms with Gasteiger partial charge < -0.3 is 34.7 Å². The van der Waals surface area contributed by atoms with Crippen molar-refractivity contribution in [3.05, 3.63) is 77.5 Å². The molecule has 1 saturated carbocycles. The molecule has 2 bridgehead atoms. The van der Waals surface area contributed by atoms with E-state index in [-0.39, 0.29) is 18.0 Å². The minimum absolute atomic E-state index is 0.0300. The maximum Gasteiger partial charge on any atom is 0.254 e. The van der Waals surface area contributed by atoms with Gasteiger partial charge in [-0.2, -0.15) is 0 Å². The molecule has 1 saturated heterocycles. The van der Waals surface area contributed by atoms with Crippen molar-refractivity contribution in [2.75, 3.05) is 13.7 Å². The van der Waals surface area contributed by atoms with Gasteiger partial charge in [-0.1, -0.05) is 24.3 Å². The molecule has 2 fully saturated rings. The van der Waals surface area contributed by atoms with Crippen molar-refractivity contribution in [3.8, 4) is 17.3 Å².